The normalized spacial score (nSPS) is 26.6. The lowest BCUT2D eigenvalue weighted by atomic mass is 9.76. The Bertz CT molecular complexity index is 419. The molecule has 2 aliphatic carbocycles. The molecule has 2 aliphatic rings. The van der Waals surface area contributed by atoms with E-state index in [0.29, 0.717) is 12.0 Å². The summed E-state index contributed by atoms with van der Waals surface area (Å²) >= 11 is 0. The van der Waals surface area contributed by atoms with Crippen molar-refractivity contribution >= 4 is 0 Å². The number of benzene rings is 1. The molecule has 0 spiro atoms. The van der Waals surface area contributed by atoms with Crippen LogP contribution < -0.4 is 5.32 Å². The summed E-state index contributed by atoms with van der Waals surface area (Å²) in [6.07, 6.45) is 10.9. The van der Waals surface area contributed by atoms with E-state index in [1.165, 1.54) is 63.0 Å². The topological polar surface area (TPSA) is 12.0 Å². The maximum atomic E-state index is 13.2. The van der Waals surface area contributed by atoms with Crippen molar-refractivity contribution in [2.45, 2.75) is 63.3 Å². The maximum absolute atomic E-state index is 13.2. The van der Waals surface area contributed by atoms with Gasteiger partial charge in [-0.05, 0) is 61.8 Å². The smallest absolute Gasteiger partial charge is 0.123 e. The Morgan fingerprint density at radius 2 is 1.95 bits per heavy atom. The van der Waals surface area contributed by atoms with Crippen molar-refractivity contribution in [1.82, 2.24) is 5.32 Å². The van der Waals surface area contributed by atoms with Crippen LogP contribution in [0.2, 0.25) is 0 Å². The van der Waals surface area contributed by atoms with E-state index in [1.807, 2.05) is 6.07 Å². The molecule has 1 aromatic carbocycles. The van der Waals surface area contributed by atoms with Gasteiger partial charge in [-0.25, -0.2) is 4.39 Å². The third-order valence-corrected chi connectivity index (χ3v) is 5.16. The van der Waals surface area contributed by atoms with Crippen LogP contribution in [-0.2, 0) is 0 Å². The van der Waals surface area contributed by atoms with Crippen molar-refractivity contribution in [3.63, 3.8) is 0 Å². The second-order valence-electron chi connectivity index (χ2n) is 6.67. The van der Waals surface area contributed by atoms with E-state index >= 15 is 0 Å². The Morgan fingerprint density at radius 1 is 1.15 bits per heavy atom. The molecular formula is C18H26FN. The van der Waals surface area contributed by atoms with Crippen LogP contribution >= 0.6 is 0 Å². The Labute approximate surface area is 122 Å². The van der Waals surface area contributed by atoms with Crippen LogP contribution in [0.5, 0.6) is 0 Å². The molecule has 20 heavy (non-hydrogen) atoms. The summed E-state index contributed by atoms with van der Waals surface area (Å²) in [7, 11) is 0. The van der Waals surface area contributed by atoms with E-state index in [2.05, 4.69) is 11.4 Å². The minimum absolute atomic E-state index is 0.101. The van der Waals surface area contributed by atoms with Crippen molar-refractivity contribution in [3.05, 3.63) is 35.6 Å². The molecule has 3 rings (SSSR count). The first-order valence-corrected chi connectivity index (χ1v) is 8.30. The highest BCUT2D eigenvalue weighted by Crippen LogP contribution is 2.37. The third kappa shape index (κ3) is 3.60. The molecule has 110 valence electrons. The number of nitrogens with one attached hydrogen (secondary N) is 1. The van der Waals surface area contributed by atoms with Gasteiger partial charge in [0.2, 0.25) is 0 Å². The maximum Gasteiger partial charge on any atom is 0.123 e. The zero-order valence-electron chi connectivity index (χ0n) is 12.3. The minimum Gasteiger partial charge on any atom is -0.314 e. The van der Waals surface area contributed by atoms with Crippen LogP contribution in [0, 0.1) is 11.7 Å². The van der Waals surface area contributed by atoms with Gasteiger partial charge in [-0.3, -0.25) is 0 Å². The highest BCUT2D eigenvalue weighted by Gasteiger charge is 2.29. The van der Waals surface area contributed by atoms with Crippen LogP contribution in [-0.4, -0.2) is 12.6 Å². The van der Waals surface area contributed by atoms with Gasteiger partial charge in [0.25, 0.3) is 0 Å². The highest BCUT2D eigenvalue weighted by molar-refractivity contribution is 5.23. The molecule has 1 nitrogen and oxygen atoms in total. The van der Waals surface area contributed by atoms with Gasteiger partial charge in [-0.2, -0.15) is 0 Å². The molecule has 2 saturated carbocycles. The lowest BCUT2D eigenvalue weighted by Crippen LogP contribution is -2.40. The fourth-order valence-corrected chi connectivity index (χ4v) is 3.81. The predicted octanol–water partition coefficient (Wildman–Crippen LogP) is 4.63. The van der Waals surface area contributed by atoms with Gasteiger partial charge in [0.05, 0.1) is 0 Å². The fourth-order valence-electron chi connectivity index (χ4n) is 3.81. The third-order valence-electron chi connectivity index (χ3n) is 5.16. The first-order valence-electron chi connectivity index (χ1n) is 8.30. The molecule has 0 saturated heterocycles. The molecule has 0 aliphatic heterocycles. The number of halogens is 1. The van der Waals surface area contributed by atoms with Crippen LogP contribution in [0.4, 0.5) is 4.39 Å². The summed E-state index contributed by atoms with van der Waals surface area (Å²) in [5.74, 6) is 1.48. The molecule has 2 heteroatoms. The van der Waals surface area contributed by atoms with Crippen LogP contribution in [0.15, 0.2) is 24.3 Å². The van der Waals surface area contributed by atoms with Gasteiger partial charge < -0.3 is 5.32 Å². The molecule has 0 aromatic heterocycles. The molecule has 0 atom stereocenters. The average molecular weight is 275 g/mol. The molecule has 1 N–H and O–H groups in total. The molecule has 0 bridgehead atoms. The van der Waals surface area contributed by atoms with E-state index in [1.54, 1.807) is 6.07 Å². The van der Waals surface area contributed by atoms with Crippen LogP contribution in [0.1, 0.15) is 62.8 Å². The minimum atomic E-state index is -0.101. The summed E-state index contributed by atoms with van der Waals surface area (Å²) in [5.41, 5.74) is 1.18. The number of rotatable bonds is 6. The van der Waals surface area contributed by atoms with Gasteiger partial charge in [0.1, 0.15) is 5.82 Å². The van der Waals surface area contributed by atoms with Crippen LogP contribution in [0.3, 0.4) is 0 Å². The molecule has 2 fully saturated rings. The largest absolute Gasteiger partial charge is 0.314 e. The number of hydrogen-bond donors (Lipinski definition) is 1. The lowest BCUT2D eigenvalue weighted by Gasteiger charge is -2.36. The monoisotopic (exact) mass is 275 g/mol. The van der Waals surface area contributed by atoms with Crippen molar-refractivity contribution in [1.29, 1.82) is 0 Å². The molecule has 0 heterocycles. The second kappa shape index (κ2) is 6.71. The number of hydrogen-bond acceptors (Lipinski definition) is 1. The average Bonchev–Trinajstić information content (AvgIpc) is 2.89. The summed E-state index contributed by atoms with van der Waals surface area (Å²) < 4.78 is 13.2. The van der Waals surface area contributed by atoms with E-state index in [9.17, 15) is 4.39 Å². The predicted molar refractivity (Wildman–Crippen MR) is 81.4 cm³/mol. The zero-order valence-corrected chi connectivity index (χ0v) is 12.3. The summed E-state index contributed by atoms with van der Waals surface area (Å²) in [6.45, 7) is 1.16. The molecule has 0 radical (unpaired) electrons. The SMILES string of the molecule is Fc1cccc(C2CC(NCCCC3CCCC3)C2)c1. The molecule has 0 unspecified atom stereocenters. The fraction of sp³-hybridized carbons (Fsp3) is 0.667. The Hall–Kier alpha value is -0.890. The van der Waals surface area contributed by atoms with Crippen molar-refractivity contribution < 1.29 is 4.39 Å². The first-order chi connectivity index (χ1) is 9.81. The molecular weight excluding hydrogens is 249 g/mol. The highest BCUT2D eigenvalue weighted by atomic mass is 19.1. The van der Waals surface area contributed by atoms with Gasteiger partial charge in [-0.15, -0.1) is 0 Å². The molecule has 0 amide bonds. The Morgan fingerprint density at radius 3 is 2.70 bits per heavy atom. The summed E-state index contributed by atoms with van der Waals surface area (Å²) in [5, 5.41) is 3.66. The van der Waals surface area contributed by atoms with Gasteiger partial charge in [-0.1, -0.05) is 37.8 Å². The summed E-state index contributed by atoms with van der Waals surface area (Å²) in [4.78, 5) is 0. The quantitative estimate of drug-likeness (QED) is 0.746. The standard InChI is InChI=1S/C18H26FN/c19-17-9-3-8-15(11-17)16-12-18(13-16)20-10-4-7-14-5-1-2-6-14/h3,8-9,11,14,16,18,20H,1-2,4-7,10,12-13H2. The Kier molecular flexibility index (Phi) is 4.72. The summed E-state index contributed by atoms with van der Waals surface area (Å²) in [6, 6.07) is 7.77. The van der Waals surface area contributed by atoms with Crippen molar-refractivity contribution in [2.24, 2.45) is 5.92 Å². The van der Waals surface area contributed by atoms with E-state index in [-0.39, 0.29) is 5.82 Å². The van der Waals surface area contributed by atoms with Gasteiger partial charge in [0, 0.05) is 6.04 Å². The van der Waals surface area contributed by atoms with Crippen molar-refractivity contribution in [2.75, 3.05) is 6.54 Å². The first kappa shape index (κ1) is 14.1. The van der Waals surface area contributed by atoms with Gasteiger partial charge >= 0.3 is 0 Å². The zero-order chi connectivity index (χ0) is 13.8. The lowest BCUT2D eigenvalue weighted by molar-refractivity contribution is 0.286. The Balaban J connectivity index is 1.30. The van der Waals surface area contributed by atoms with E-state index < -0.39 is 0 Å². The van der Waals surface area contributed by atoms with E-state index in [0.717, 1.165) is 12.5 Å². The van der Waals surface area contributed by atoms with Crippen molar-refractivity contribution in [3.8, 4) is 0 Å². The van der Waals surface area contributed by atoms with Crippen LogP contribution in [0.25, 0.3) is 0 Å². The second-order valence-corrected chi connectivity index (χ2v) is 6.67. The molecule has 1 aromatic rings. The van der Waals surface area contributed by atoms with Gasteiger partial charge in [0.15, 0.2) is 0 Å². The van der Waals surface area contributed by atoms with E-state index in [4.69, 9.17) is 0 Å².